The quantitative estimate of drug-likeness (QED) is 0.649. The van der Waals surface area contributed by atoms with Gasteiger partial charge in [0.1, 0.15) is 6.04 Å². The molecule has 0 bridgehead atoms. The predicted octanol–water partition coefficient (Wildman–Crippen LogP) is 1.97. The van der Waals surface area contributed by atoms with E-state index in [9.17, 15) is 9.59 Å². The summed E-state index contributed by atoms with van der Waals surface area (Å²) in [5.74, 6) is -0.322. The third kappa shape index (κ3) is 2.84. The van der Waals surface area contributed by atoms with Crippen LogP contribution in [0.1, 0.15) is 18.9 Å². The van der Waals surface area contributed by atoms with Gasteiger partial charge in [0.2, 0.25) is 5.91 Å². The highest BCUT2D eigenvalue weighted by Crippen LogP contribution is 2.18. The summed E-state index contributed by atoms with van der Waals surface area (Å²) in [7, 11) is 0. The van der Waals surface area contributed by atoms with Gasteiger partial charge in [0.15, 0.2) is 0 Å². The first-order chi connectivity index (χ1) is 9.15. The summed E-state index contributed by atoms with van der Waals surface area (Å²) in [6.45, 7) is 5.93. The van der Waals surface area contributed by atoms with Crippen LogP contribution in [0.3, 0.4) is 0 Å². The second-order valence-electron chi connectivity index (χ2n) is 4.58. The zero-order chi connectivity index (χ0) is 13.8. The number of carbonyl (C=O) groups is 2. The van der Waals surface area contributed by atoms with E-state index in [0.717, 1.165) is 12.1 Å². The summed E-state index contributed by atoms with van der Waals surface area (Å²) < 4.78 is 0. The Bertz CT molecular complexity index is 493. The molecule has 1 aliphatic heterocycles. The van der Waals surface area contributed by atoms with Gasteiger partial charge in [-0.15, -0.1) is 6.58 Å². The van der Waals surface area contributed by atoms with Crippen molar-refractivity contribution in [3.8, 4) is 0 Å². The maximum atomic E-state index is 12.0. The average molecular weight is 258 g/mol. The van der Waals surface area contributed by atoms with Crippen molar-refractivity contribution in [1.82, 2.24) is 4.90 Å². The molecule has 19 heavy (non-hydrogen) atoms. The first kappa shape index (κ1) is 13.3. The minimum absolute atomic E-state index is 0.146. The smallest absolute Gasteiger partial charge is 0.252 e. The van der Waals surface area contributed by atoms with Gasteiger partial charge in [-0.1, -0.05) is 25.1 Å². The van der Waals surface area contributed by atoms with Crippen molar-refractivity contribution in [2.24, 2.45) is 0 Å². The highest BCUT2D eigenvalue weighted by atomic mass is 16.2. The molecular formula is C15H18N2O2. The monoisotopic (exact) mass is 258 g/mol. The maximum absolute atomic E-state index is 12.0. The largest absolute Gasteiger partial charge is 0.373 e. The molecule has 4 heteroatoms. The van der Waals surface area contributed by atoms with Crippen molar-refractivity contribution in [3.63, 3.8) is 0 Å². The van der Waals surface area contributed by atoms with Gasteiger partial charge in [0, 0.05) is 12.2 Å². The summed E-state index contributed by atoms with van der Waals surface area (Å²) in [5, 5.41) is 3.11. The number of aryl methyl sites for hydroxylation is 1. The first-order valence-corrected chi connectivity index (χ1v) is 6.46. The molecule has 0 saturated carbocycles. The Labute approximate surface area is 113 Å². The van der Waals surface area contributed by atoms with Crippen LogP contribution in [0, 0.1) is 0 Å². The number of rotatable bonds is 5. The lowest BCUT2D eigenvalue weighted by molar-refractivity contribution is -0.137. The molecule has 100 valence electrons. The molecule has 2 rings (SSSR count). The number of nitrogens with zero attached hydrogens (tertiary/aromatic N) is 1. The summed E-state index contributed by atoms with van der Waals surface area (Å²) >= 11 is 0. The number of imide groups is 1. The molecular weight excluding hydrogens is 240 g/mol. The van der Waals surface area contributed by atoms with Crippen LogP contribution < -0.4 is 5.32 Å². The van der Waals surface area contributed by atoms with Crippen molar-refractivity contribution in [3.05, 3.63) is 42.5 Å². The summed E-state index contributed by atoms with van der Waals surface area (Å²) in [6.07, 6.45) is 2.75. The number of anilines is 1. The highest BCUT2D eigenvalue weighted by Gasteiger charge is 2.37. The van der Waals surface area contributed by atoms with Crippen molar-refractivity contribution in [2.75, 3.05) is 11.9 Å². The summed E-state index contributed by atoms with van der Waals surface area (Å²) in [6, 6.07) is 7.45. The van der Waals surface area contributed by atoms with Crippen LogP contribution in [0.2, 0.25) is 0 Å². The Morgan fingerprint density at radius 2 is 2.05 bits per heavy atom. The van der Waals surface area contributed by atoms with Crippen LogP contribution in [0.15, 0.2) is 36.9 Å². The fourth-order valence-electron chi connectivity index (χ4n) is 2.15. The SMILES string of the molecule is C=CCN1C(=O)C[C@@H](Nc2ccc(CC)cc2)C1=O. The van der Waals surface area contributed by atoms with Gasteiger partial charge in [-0.2, -0.15) is 0 Å². The van der Waals surface area contributed by atoms with E-state index >= 15 is 0 Å². The normalized spacial score (nSPS) is 18.8. The lowest BCUT2D eigenvalue weighted by Gasteiger charge is -2.14. The van der Waals surface area contributed by atoms with Gasteiger partial charge in [-0.3, -0.25) is 14.5 Å². The molecule has 1 aromatic carbocycles. The fraction of sp³-hybridized carbons (Fsp3) is 0.333. The number of hydrogen-bond donors (Lipinski definition) is 1. The van der Waals surface area contributed by atoms with Crippen molar-refractivity contribution in [1.29, 1.82) is 0 Å². The van der Waals surface area contributed by atoms with E-state index in [1.165, 1.54) is 10.5 Å². The lowest BCUT2D eigenvalue weighted by atomic mass is 10.1. The van der Waals surface area contributed by atoms with E-state index < -0.39 is 6.04 Å². The zero-order valence-electron chi connectivity index (χ0n) is 11.1. The first-order valence-electron chi connectivity index (χ1n) is 6.46. The Hall–Kier alpha value is -2.10. The van der Waals surface area contributed by atoms with E-state index in [1.54, 1.807) is 6.08 Å². The molecule has 0 unspecified atom stereocenters. The molecule has 0 aromatic heterocycles. The van der Waals surface area contributed by atoms with Gasteiger partial charge in [-0.05, 0) is 24.1 Å². The predicted molar refractivity (Wildman–Crippen MR) is 74.8 cm³/mol. The Morgan fingerprint density at radius 3 is 2.63 bits per heavy atom. The number of carbonyl (C=O) groups excluding carboxylic acids is 2. The average Bonchev–Trinajstić information content (AvgIpc) is 2.68. The van der Waals surface area contributed by atoms with Crippen LogP contribution in [-0.2, 0) is 16.0 Å². The minimum atomic E-state index is -0.458. The minimum Gasteiger partial charge on any atom is -0.373 e. The van der Waals surface area contributed by atoms with Crippen LogP contribution in [0.4, 0.5) is 5.69 Å². The topological polar surface area (TPSA) is 49.4 Å². The summed E-state index contributed by atoms with van der Waals surface area (Å²) in [4.78, 5) is 25.0. The van der Waals surface area contributed by atoms with Gasteiger partial charge in [0.25, 0.3) is 5.91 Å². The van der Waals surface area contributed by atoms with Crippen LogP contribution >= 0.6 is 0 Å². The number of likely N-dealkylation sites (tertiary alicyclic amines) is 1. The maximum Gasteiger partial charge on any atom is 0.252 e. The molecule has 0 radical (unpaired) electrons. The van der Waals surface area contributed by atoms with Gasteiger partial charge >= 0.3 is 0 Å². The standard InChI is InChI=1S/C15H18N2O2/c1-3-9-17-14(18)10-13(15(17)19)16-12-7-5-11(4-2)6-8-12/h3,5-8,13,16H,1,4,9-10H2,2H3/t13-/m1/s1. The second-order valence-corrected chi connectivity index (χ2v) is 4.58. The van der Waals surface area contributed by atoms with E-state index in [4.69, 9.17) is 0 Å². The van der Waals surface area contributed by atoms with Crippen LogP contribution in [0.25, 0.3) is 0 Å². The van der Waals surface area contributed by atoms with Gasteiger partial charge < -0.3 is 5.32 Å². The van der Waals surface area contributed by atoms with Crippen molar-refractivity contribution < 1.29 is 9.59 Å². The molecule has 2 amide bonds. The number of nitrogens with one attached hydrogen (secondary N) is 1. The lowest BCUT2D eigenvalue weighted by Crippen LogP contribution is -2.34. The molecule has 1 aliphatic rings. The molecule has 1 fully saturated rings. The molecule has 1 N–H and O–H groups in total. The van der Waals surface area contributed by atoms with Gasteiger partial charge in [-0.25, -0.2) is 0 Å². The molecule has 1 aromatic rings. The summed E-state index contributed by atoms with van der Waals surface area (Å²) in [5.41, 5.74) is 2.11. The molecule has 4 nitrogen and oxygen atoms in total. The third-order valence-corrected chi connectivity index (χ3v) is 3.26. The van der Waals surface area contributed by atoms with Crippen molar-refractivity contribution >= 4 is 17.5 Å². The fourth-order valence-corrected chi connectivity index (χ4v) is 2.15. The van der Waals surface area contributed by atoms with E-state index in [1.807, 2.05) is 24.3 Å². The Balaban J connectivity index is 2.05. The number of benzene rings is 1. The highest BCUT2D eigenvalue weighted by molar-refractivity contribution is 6.06. The Morgan fingerprint density at radius 1 is 1.37 bits per heavy atom. The van der Waals surface area contributed by atoms with Crippen LogP contribution in [0.5, 0.6) is 0 Å². The molecule has 0 spiro atoms. The molecule has 1 saturated heterocycles. The van der Waals surface area contributed by atoms with Crippen molar-refractivity contribution in [2.45, 2.75) is 25.8 Å². The third-order valence-electron chi connectivity index (χ3n) is 3.26. The molecule has 1 heterocycles. The second kappa shape index (κ2) is 5.69. The molecule has 1 atom stereocenters. The van der Waals surface area contributed by atoms with E-state index in [0.29, 0.717) is 0 Å². The number of hydrogen-bond acceptors (Lipinski definition) is 3. The van der Waals surface area contributed by atoms with E-state index in [-0.39, 0.29) is 24.8 Å². The van der Waals surface area contributed by atoms with Crippen LogP contribution in [-0.4, -0.2) is 29.3 Å². The zero-order valence-corrected chi connectivity index (χ0v) is 11.1. The Kier molecular flexibility index (Phi) is 4.00. The number of amides is 2. The van der Waals surface area contributed by atoms with Gasteiger partial charge in [0.05, 0.1) is 6.42 Å². The molecule has 0 aliphatic carbocycles. The van der Waals surface area contributed by atoms with E-state index in [2.05, 4.69) is 18.8 Å².